The Balaban J connectivity index is 1.19. The molecule has 0 spiro atoms. The minimum absolute atomic E-state index is 0.483. The topological polar surface area (TPSA) is 99.9 Å². The maximum Gasteiger partial charge on any atom is 0.119 e. The molecule has 2 aromatic carbocycles. The van der Waals surface area contributed by atoms with Crippen LogP contribution in [0.15, 0.2) is 54.6 Å². The molecule has 0 fully saturated rings. The van der Waals surface area contributed by atoms with Gasteiger partial charge < -0.3 is 43.6 Å². The normalized spacial score (nSPS) is 11.1. The SMILES string of the molecule is Nc1ccc(OCCOCCOCCOCCOCCOCCOCCOCc2ccccc2)cc1. The summed E-state index contributed by atoms with van der Waals surface area (Å²) in [5, 5.41) is 0. The van der Waals surface area contributed by atoms with Gasteiger partial charge >= 0.3 is 0 Å². The Morgan fingerprint density at radius 1 is 0.417 bits per heavy atom. The van der Waals surface area contributed by atoms with Gasteiger partial charge in [-0.25, -0.2) is 0 Å². The molecule has 2 N–H and O–H groups in total. The van der Waals surface area contributed by atoms with E-state index in [0.717, 1.165) is 11.3 Å². The van der Waals surface area contributed by atoms with Gasteiger partial charge in [0.1, 0.15) is 12.4 Å². The Labute approximate surface area is 214 Å². The second-order valence-corrected chi connectivity index (χ2v) is 7.63. The smallest absolute Gasteiger partial charge is 0.119 e. The minimum atomic E-state index is 0.483. The van der Waals surface area contributed by atoms with Crippen molar-refractivity contribution >= 4 is 5.69 Å². The van der Waals surface area contributed by atoms with Gasteiger partial charge in [0.2, 0.25) is 0 Å². The maximum atomic E-state index is 5.63. The largest absolute Gasteiger partial charge is 0.491 e. The predicted octanol–water partition coefficient (Wildman–Crippen LogP) is 2.96. The molecule has 0 amide bonds. The molecule has 0 aliphatic carbocycles. The van der Waals surface area contributed by atoms with Crippen LogP contribution in [0.1, 0.15) is 5.56 Å². The van der Waals surface area contributed by atoms with E-state index in [4.69, 9.17) is 43.6 Å². The van der Waals surface area contributed by atoms with Crippen LogP contribution in [0.3, 0.4) is 0 Å². The third kappa shape index (κ3) is 17.2. The summed E-state index contributed by atoms with van der Waals surface area (Å²) < 4.78 is 43.9. The molecule has 36 heavy (non-hydrogen) atoms. The van der Waals surface area contributed by atoms with Crippen LogP contribution in [-0.4, -0.2) is 92.5 Å². The first-order valence-electron chi connectivity index (χ1n) is 12.4. The van der Waals surface area contributed by atoms with Crippen LogP contribution >= 0.6 is 0 Å². The van der Waals surface area contributed by atoms with E-state index < -0.39 is 0 Å². The summed E-state index contributed by atoms with van der Waals surface area (Å²) >= 11 is 0. The van der Waals surface area contributed by atoms with Gasteiger partial charge in [-0.2, -0.15) is 0 Å². The van der Waals surface area contributed by atoms with Crippen molar-refractivity contribution in [3.63, 3.8) is 0 Å². The van der Waals surface area contributed by atoms with Gasteiger partial charge in [0.25, 0.3) is 0 Å². The summed E-state index contributed by atoms with van der Waals surface area (Å²) in [6.45, 7) is 7.97. The molecule has 2 rings (SSSR count). The minimum Gasteiger partial charge on any atom is -0.491 e. The molecule has 202 valence electrons. The number of anilines is 1. The lowest BCUT2D eigenvalue weighted by atomic mass is 10.2. The molecule has 0 radical (unpaired) electrons. The lowest BCUT2D eigenvalue weighted by Gasteiger charge is -2.09. The van der Waals surface area contributed by atoms with Gasteiger partial charge in [-0.15, -0.1) is 0 Å². The zero-order valence-corrected chi connectivity index (χ0v) is 21.1. The third-order valence-electron chi connectivity index (χ3n) is 4.72. The fourth-order valence-corrected chi connectivity index (χ4v) is 2.87. The fraction of sp³-hybridized carbons (Fsp3) is 0.556. The number of rotatable bonds is 24. The van der Waals surface area contributed by atoms with Crippen molar-refractivity contribution in [2.24, 2.45) is 0 Å². The molecule has 9 nitrogen and oxygen atoms in total. The van der Waals surface area contributed by atoms with Gasteiger partial charge in [-0.05, 0) is 29.8 Å². The first-order valence-corrected chi connectivity index (χ1v) is 12.4. The van der Waals surface area contributed by atoms with Crippen LogP contribution in [0, 0.1) is 0 Å². The quantitative estimate of drug-likeness (QED) is 0.170. The highest BCUT2D eigenvalue weighted by Gasteiger charge is 1.96. The summed E-state index contributed by atoms with van der Waals surface area (Å²) in [5.41, 5.74) is 7.51. The van der Waals surface area contributed by atoms with E-state index in [2.05, 4.69) is 0 Å². The number of hydrogen-bond acceptors (Lipinski definition) is 9. The maximum absolute atomic E-state index is 5.63. The number of ether oxygens (including phenoxy) is 8. The zero-order chi connectivity index (χ0) is 25.4. The summed E-state index contributed by atoms with van der Waals surface area (Å²) in [6.07, 6.45) is 0. The van der Waals surface area contributed by atoms with E-state index in [1.807, 2.05) is 42.5 Å². The molecule has 0 atom stereocenters. The van der Waals surface area contributed by atoms with Crippen LogP contribution in [0.4, 0.5) is 5.69 Å². The molecule has 0 aliphatic rings. The van der Waals surface area contributed by atoms with E-state index in [1.54, 1.807) is 12.1 Å². The average molecular weight is 508 g/mol. The molecule has 0 bridgehead atoms. The van der Waals surface area contributed by atoms with Crippen molar-refractivity contribution in [3.8, 4) is 5.75 Å². The molecule has 0 unspecified atom stereocenters. The number of hydrogen-bond donors (Lipinski definition) is 1. The van der Waals surface area contributed by atoms with Gasteiger partial charge in [-0.3, -0.25) is 0 Å². The molecule has 0 saturated heterocycles. The molecule has 0 saturated carbocycles. The van der Waals surface area contributed by atoms with Crippen molar-refractivity contribution in [2.45, 2.75) is 6.61 Å². The molecule has 2 aromatic rings. The molecule has 0 heterocycles. The molecule has 9 heteroatoms. The summed E-state index contributed by atoms with van der Waals surface area (Å²) in [6, 6.07) is 17.4. The Morgan fingerprint density at radius 2 is 0.806 bits per heavy atom. The van der Waals surface area contributed by atoms with Crippen LogP contribution in [0.2, 0.25) is 0 Å². The second kappa shape index (κ2) is 22.0. The monoisotopic (exact) mass is 507 g/mol. The average Bonchev–Trinajstić information content (AvgIpc) is 2.90. The summed E-state index contributed by atoms with van der Waals surface area (Å²) in [7, 11) is 0. The Kier molecular flexibility index (Phi) is 18.3. The van der Waals surface area contributed by atoms with Gasteiger partial charge in [0.05, 0.1) is 92.5 Å². The summed E-state index contributed by atoms with van der Waals surface area (Å²) in [5.74, 6) is 0.777. The van der Waals surface area contributed by atoms with Crippen LogP contribution < -0.4 is 10.5 Å². The van der Waals surface area contributed by atoms with Gasteiger partial charge in [0.15, 0.2) is 0 Å². The lowest BCUT2D eigenvalue weighted by Crippen LogP contribution is -2.15. The van der Waals surface area contributed by atoms with Crippen molar-refractivity contribution in [2.75, 3.05) is 98.2 Å². The van der Waals surface area contributed by atoms with Crippen LogP contribution in [0.25, 0.3) is 0 Å². The van der Waals surface area contributed by atoms with Crippen molar-refractivity contribution in [1.29, 1.82) is 0 Å². The van der Waals surface area contributed by atoms with Crippen LogP contribution in [0.5, 0.6) is 5.75 Å². The summed E-state index contributed by atoms with van der Waals surface area (Å²) in [4.78, 5) is 0. The Bertz CT molecular complexity index is 732. The van der Waals surface area contributed by atoms with E-state index in [9.17, 15) is 0 Å². The highest BCUT2D eigenvalue weighted by atomic mass is 16.6. The standard InChI is InChI=1S/C27H41NO8/c28-26-6-8-27(9-7-26)36-23-22-34-19-18-32-15-14-30-11-10-29-12-13-31-16-17-33-20-21-35-24-25-4-2-1-3-5-25/h1-9H,10-24,28H2. The Hall–Kier alpha value is -2.24. The molecular formula is C27H41NO8. The molecule has 0 aromatic heterocycles. The zero-order valence-electron chi connectivity index (χ0n) is 21.1. The van der Waals surface area contributed by atoms with Crippen molar-refractivity contribution < 1.29 is 37.9 Å². The highest BCUT2D eigenvalue weighted by Crippen LogP contribution is 2.12. The van der Waals surface area contributed by atoms with E-state index in [-0.39, 0.29) is 0 Å². The van der Waals surface area contributed by atoms with Crippen LogP contribution in [-0.2, 0) is 39.8 Å². The first-order chi connectivity index (χ1) is 17.8. The lowest BCUT2D eigenvalue weighted by molar-refractivity contribution is -0.0218. The number of nitrogen functional groups attached to an aromatic ring is 1. The number of nitrogens with two attached hydrogens (primary N) is 1. The Morgan fingerprint density at radius 3 is 1.25 bits per heavy atom. The molecular weight excluding hydrogens is 466 g/mol. The van der Waals surface area contributed by atoms with E-state index in [1.165, 1.54) is 0 Å². The highest BCUT2D eigenvalue weighted by molar-refractivity contribution is 5.41. The second-order valence-electron chi connectivity index (χ2n) is 7.63. The predicted molar refractivity (Wildman–Crippen MR) is 137 cm³/mol. The third-order valence-corrected chi connectivity index (χ3v) is 4.72. The number of benzene rings is 2. The molecule has 0 aliphatic heterocycles. The van der Waals surface area contributed by atoms with E-state index >= 15 is 0 Å². The van der Waals surface area contributed by atoms with Gasteiger partial charge in [0, 0.05) is 5.69 Å². The first kappa shape index (κ1) is 30.0. The van der Waals surface area contributed by atoms with Crippen molar-refractivity contribution in [3.05, 3.63) is 60.2 Å². The van der Waals surface area contributed by atoms with E-state index in [0.29, 0.717) is 105 Å². The van der Waals surface area contributed by atoms with Crippen molar-refractivity contribution in [1.82, 2.24) is 0 Å². The fourth-order valence-electron chi connectivity index (χ4n) is 2.87. The van der Waals surface area contributed by atoms with Gasteiger partial charge in [-0.1, -0.05) is 30.3 Å².